The van der Waals surface area contributed by atoms with Crippen molar-refractivity contribution in [1.29, 1.82) is 0 Å². The number of hydrogen-bond acceptors (Lipinski definition) is 22. The summed E-state index contributed by atoms with van der Waals surface area (Å²) in [6.07, 6.45) is -15.8. The summed E-state index contributed by atoms with van der Waals surface area (Å²) < 4.78 is 56.6. The molecular formula is C46H81NO22. The Morgan fingerprint density at radius 2 is 1.35 bits per heavy atom. The first-order chi connectivity index (χ1) is 32.3. The van der Waals surface area contributed by atoms with E-state index in [-0.39, 0.29) is 71.4 Å². The molecule has 3 fully saturated rings. The maximum atomic E-state index is 13.7. The van der Waals surface area contributed by atoms with Gasteiger partial charge in [0.1, 0.15) is 80.9 Å². The van der Waals surface area contributed by atoms with Crippen molar-refractivity contribution in [2.75, 3.05) is 79.7 Å². The van der Waals surface area contributed by atoms with Gasteiger partial charge in [0.25, 0.3) is 0 Å². The van der Waals surface area contributed by atoms with E-state index in [1.54, 1.807) is 32.6 Å². The number of carbonyl (C=O) groups excluding carboxylic acids is 4. The predicted molar refractivity (Wildman–Crippen MR) is 239 cm³/mol. The van der Waals surface area contributed by atoms with Crippen LogP contribution in [0.1, 0.15) is 87.5 Å². The van der Waals surface area contributed by atoms with E-state index in [0.29, 0.717) is 13.0 Å². The van der Waals surface area contributed by atoms with Gasteiger partial charge in [0, 0.05) is 20.1 Å². The minimum absolute atomic E-state index is 0.0184. The molecule has 0 aliphatic carbocycles. The van der Waals surface area contributed by atoms with Crippen molar-refractivity contribution in [3.63, 3.8) is 0 Å². The average Bonchev–Trinajstić information content (AvgIpc) is 3.71. The number of likely N-dealkylation sites (tertiary alicyclic amines) is 1. The zero-order chi connectivity index (χ0) is 51.9. The smallest absolute Gasteiger partial charge is 0.311 e. The number of rotatable bonds is 30. The third-order valence-electron chi connectivity index (χ3n) is 12.7. The Balaban J connectivity index is 1.56. The molecule has 3 heterocycles. The monoisotopic (exact) mass is 1000 g/mol. The summed E-state index contributed by atoms with van der Waals surface area (Å²) in [7, 11) is 1.30. The van der Waals surface area contributed by atoms with Gasteiger partial charge in [-0.05, 0) is 74.1 Å². The summed E-state index contributed by atoms with van der Waals surface area (Å²) in [4.78, 5) is 54.5. The Hall–Kier alpha value is -2.72. The quantitative estimate of drug-likeness (QED) is 0.0295. The van der Waals surface area contributed by atoms with Crippen LogP contribution in [-0.2, 0) is 66.5 Å². The molecule has 0 spiro atoms. The highest BCUT2D eigenvalue weighted by Crippen LogP contribution is 2.46. The maximum absolute atomic E-state index is 13.7. The second-order valence-corrected chi connectivity index (χ2v) is 19.8. The number of amides is 1. The molecule has 3 rings (SSSR count). The molecule has 0 aromatic carbocycles. The Morgan fingerprint density at radius 1 is 0.754 bits per heavy atom. The van der Waals surface area contributed by atoms with Gasteiger partial charge in [-0.2, -0.15) is 0 Å². The number of carbonyl (C=O) groups is 4. The van der Waals surface area contributed by atoms with Gasteiger partial charge >= 0.3 is 17.9 Å². The molecule has 1 amide bonds. The number of esters is 3. The highest BCUT2D eigenvalue weighted by molar-refractivity contribution is 5.83. The van der Waals surface area contributed by atoms with E-state index in [2.05, 4.69) is 0 Å². The molecule has 0 aromatic heterocycles. The third kappa shape index (κ3) is 17.8. The lowest BCUT2D eigenvalue weighted by Crippen LogP contribution is -2.64. The van der Waals surface area contributed by atoms with Gasteiger partial charge in [0.05, 0.1) is 80.7 Å². The van der Waals surface area contributed by atoms with E-state index in [9.17, 15) is 60.0 Å². The van der Waals surface area contributed by atoms with E-state index in [1.165, 1.54) is 34.8 Å². The molecule has 3 aliphatic rings. The summed E-state index contributed by atoms with van der Waals surface area (Å²) in [6.45, 7) is 11.0. The summed E-state index contributed by atoms with van der Waals surface area (Å²) in [5.41, 5.74) is -4.18. The molecule has 0 aromatic rings. The molecule has 402 valence electrons. The van der Waals surface area contributed by atoms with Gasteiger partial charge in [-0.1, -0.05) is 6.92 Å². The molecule has 16 atom stereocenters. The van der Waals surface area contributed by atoms with Crippen molar-refractivity contribution in [2.45, 2.75) is 173 Å². The van der Waals surface area contributed by atoms with Crippen LogP contribution >= 0.6 is 0 Å². The van der Waals surface area contributed by atoms with Crippen LogP contribution in [0.4, 0.5) is 0 Å². The second kappa shape index (κ2) is 27.9. The van der Waals surface area contributed by atoms with Crippen LogP contribution in [0.2, 0.25) is 0 Å². The molecule has 69 heavy (non-hydrogen) atoms. The molecule has 0 saturated carbocycles. The van der Waals surface area contributed by atoms with E-state index in [0.717, 1.165) is 6.42 Å². The first-order valence-corrected chi connectivity index (χ1v) is 23.8. The van der Waals surface area contributed by atoms with Crippen LogP contribution in [0.5, 0.6) is 0 Å². The molecule has 23 nitrogen and oxygen atoms in total. The molecule has 3 aliphatic heterocycles. The van der Waals surface area contributed by atoms with Gasteiger partial charge in [-0.15, -0.1) is 0 Å². The molecular weight excluding hydrogens is 918 g/mol. The zero-order valence-corrected chi connectivity index (χ0v) is 41.6. The van der Waals surface area contributed by atoms with Crippen molar-refractivity contribution in [2.24, 2.45) is 16.2 Å². The minimum Gasteiger partial charge on any atom is -0.463 e. The van der Waals surface area contributed by atoms with E-state index >= 15 is 0 Å². The molecule has 23 heteroatoms. The lowest BCUT2D eigenvalue weighted by Gasteiger charge is -2.46. The van der Waals surface area contributed by atoms with Gasteiger partial charge in [0.2, 0.25) is 5.91 Å². The predicted octanol–water partition coefficient (Wildman–Crippen LogP) is -1.64. The van der Waals surface area contributed by atoms with Crippen LogP contribution < -0.4 is 0 Å². The molecule has 3 saturated heterocycles. The molecule has 0 bridgehead atoms. The van der Waals surface area contributed by atoms with Crippen LogP contribution in [0.25, 0.3) is 0 Å². The lowest BCUT2D eigenvalue weighted by molar-refractivity contribution is -0.344. The van der Waals surface area contributed by atoms with E-state index in [1.807, 2.05) is 0 Å². The largest absolute Gasteiger partial charge is 0.463 e. The van der Waals surface area contributed by atoms with Gasteiger partial charge in [0.15, 0.2) is 6.29 Å². The first kappa shape index (κ1) is 60.6. The fourth-order valence-electron chi connectivity index (χ4n) is 8.69. The summed E-state index contributed by atoms with van der Waals surface area (Å²) >= 11 is 0. The minimum atomic E-state index is -1.66. The van der Waals surface area contributed by atoms with Crippen molar-refractivity contribution in [3.05, 3.63) is 0 Å². The van der Waals surface area contributed by atoms with Crippen LogP contribution in [0, 0.1) is 16.2 Å². The van der Waals surface area contributed by atoms with Crippen LogP contribution in [-0.4, -0.2) is 235 Å². The molecule has 16 unspecified atom stereocenters. The zero-order valence-electron chi connectivity index (χ0n) is 41.6. The van der Waals surface area contributed by atoms with E-state index < -0.39 is 140 Å². The topological polar surface area (TPSA) is 326 Å². The standard InChI is InChI=1S/C46H81NO22/c1-10-45(7,42(58)63-15-14-47-13-11-12-33(47)52)25-46(8,43(59)66-19-29(50)16-48)24-44(5,6)41(57)65-21-30(51)20-64-27(3)18-62-22-31-38(60-9)36(55)37(56)40(68-31)69-39-32(23-61-17-26(2)49)67-28(4)34(53)35(39)54/h26-32,34-40,48-51,53-56H,10-25H2,1-9H3. The number of ether oxygens (including phenoxy) is 10. The van der Waals surface area contributed by atoms with Crippen LogP contribution in [0.3, 0.4) is 0 Å². The Morgan fingerprint density at radius 3 is 1.94 bits per heavy atom. The number of aliphatic hydroxyl groups excluding tert-OH is 8. The Labute approximate surface area is 404 Å². The van der Waals surface area contributed by atoms with E-state index in [4.69, 9.17) is 47.4 Å². The summed E-state index contributed by atoms with van der Waals surface area (Å²) in [6, 6.07) is 0. The fourth-order valence-corrected chi connectivity index (χ4v) is 8.69. The highest BCUT2D eigenvalue weighted by atomic mass is 16.7. The number of methoxy groups -OCH3 is 1. The first-order valence-electron chi connectivity index (χ1n) is 23.8. The third-order valence-corrected chi connectivity index (χ3v) is 12.7. The van der Waals surface area contributed by atoms with Gasteiger partial charge in [-0.3, -0.25) is 19.2 Å². The number of aliphatic hydroxyl groups is 8. The number of nitrogens with zero attached hydrogens (tertiary/aromatic N) is 1. The highest BCUT2D eigenvalue weighted by Gasteiger charge is 2.52. The normalized spacial score (nSPS) is 30.2. The summed E-state index contributed by atoms with van der Waals surface area (Å²) in [5.74, 6) is -2.24. The Kier molecular flexibility index (Phi) is 24.5. The van der Waals surface area contributed by atoms with Crippen LogP contribution in [0.15, 0.2) is 0 Å². The molecule has 0 radical (unpaired) electrons. The lowest BCUT2D eigenvalue weighted by atomic mass is 9.65. The van der Waals surface area contributed by atoms with Gasteiger partial charge < -0.3 is 93.1 Å². The fraction of sp³-hybridized carbons (Fsp3) is 0.913. The average molecular weight is 1000 g/mol. The molecule has 8 N–H and O–H groups in total. The maximum Gasteiger partial charge on any atom is 0.311 e. The number of hydrogen-bond donors (Lipinski definition) is 8. The van der Waals surface area contributed by atoms with Gasteiger partial charge in [-0.25, -0.2) is 0 Å². The summed E-state index contributed by atoms with van der Waals surface area (Å²) in [5, 5.41) is 82.9. The van der Waals surface area contributed by atoms with Crippen molar-refractivity contribution >= 4 is 23.8 Å². The van der Waals surface area contributed by atoms with Crippen molar-refractivity contribution in [1.82, 2.24) is 4.90 Å². The second-order valence-electron chi connectivity index (χ2n) is 19.8. The van der Waals surface area contributed by atoms with Crippen molar-refractivity contribution in [3.8, 4) is 0 Å². The SMILES string of the molecule is CCC(C)(CC(C)(CC(C)(C)C(=O)OCC(O)COC(C)COCC1OC(OC2C(COCC(C)O)OC(C)C(O)C2O)C(O)C(O)C1OC)C(=O)OCC(O)CO)C(=O)OCCN1CCCC1=O. The Bertz CT molecular complexity index is 1590. The van der Waals surface area contributed by atoms with Crippen molar-refractivity contribution < 1.29 is 107 Å².